The minimum atomic E-state index is -0.000880. The van der Waals surface area contributed by atoms with Crippen LogP contribution in [0.4, 0.5) is 0 Å². The highest BCUT2D eigenvalue weighted by molar-refractivity contribution is 7.11. The maximum Gasteiger partial charge on any atom is 0.124 e. The van der Waals surface area contributed by atoms with E-state index in [0.29, 0.717) is 0 Å². The predicted octanol–water partition coefficient (Wildman–Crippen LogP) is 3.34. The molecule has 21 heavy (non-hydrogen) atoms. The van der Waals surface area contributed by atoms with Gasteiger partial charge >= 0.3 is 0 Å². The van der Waals surface area contributed by atoms with Crippen LogP contribution in [0.15, 0.2) is 18.2 Å². The molecule has 1 unspecified atom stereocenters. The van der Waals surface area contributed by atoms with Crippen molar-refractivity contribution in [1.29, 1.82) is 0 Å². The monoisotopic (exact) mass is 306 g/mol. The lowest BCUT2D eigenvalue weighted by atomic mass is 10.1. The van der Waals surface area contributed by atoms with Crippen molar-refractivity contribution < 1.29 is 9.47 Å². The maximum absolute atomic E-state index is 5.49. The van der Waals surface area contributed by atoms with Crippen molar-refractivity contribution in [3.8, 4) is 11.5 Å². The van der Waals surface area contributed by atoms with Gasteiger partial charge in [0.05, 0.1) is 26.0 Å². The van der Waals surface area contributed by atoms with Gasteiger partial charge < -0.3 is 14.8 Å². The summed E-state index contributed by atoms with van der Waals surface area (Å²) in [6.45, 7) is 4.25. The number of methoxy groups -OCH3 is 2. The molecular weight excluding hydrogens is 284 g/mol. The van der Waals surface area contributed by atoms with Crippen LogP contribution in [0.25, 0.3) is 0 Å². The van der Waals surface area contributed by atoms with Crippen LogP contribution in [0, 0.1) is 6.92 Å². The van der Waals surface area contributed by atoms with Gasteiger partial charge in [-0.05, 0) is 38.6 Å². The summed E-state index contributed by atoms with van der Waals surface area (Å²) in [5.41, 5.74) is 2.20. The standard InChI is InChI=1S/C16H22N2O2S/c1-6-13-10(2)21-16(18-13)15(17-3)12-9-11(19-4)7-8-14(12)20-5/h7-9,15,17H,6H2,1-5H3. The highest BCUT2D eigenvalue weighted by Gasteiger charge is 2.21. The molecule has 2 aromatic rings. The summed E-state index contributed by atoms with van der Waals surface area (Å²) in [4.78, 5) is 6.04. The Morgan fingerprint density at radius 1 is 1.29 bits per heavy atom. The summed E-state index contributed by atoms with van der Waals surface area (Å²) in [5.74, 6) is 1.65. The molecule has 1 aromatic heterocycles. The fourth-order valence-electron chi connectivity index (χ4n) is 2.38. The van der Waals surface area contributed by atoms with Gasteiger partial charge in [-0.15, -0.1) is 11.3 Å². The fraction of sp³-hybridized carbons (Fsp3) is 0.438. The Hall–Kier alpha value is -1.59. The lowest BCUT2D eigenvalue weighted by Gasteiger charge is -2.18. The number of aromatic nitrogens is 1. The van der Waals surface area contributed by atoms with Gasteiger partial charge in [0.1, 0.15) is 16.5 Å². The molecule has 0 aliphatic rings. The van der Waals surface area contributed by atoms with Crippen LogP contribution < -0.4 is 14.8 Å². The third kappa shape index (κ3) is 3.19. The fourth-order valence-corrected chi connectivity index (χ4v) is 3.52. The van der Waals surface area contributed by atoms with Crippen LogP contribution in [0.2, 0.25) is 0 Å². The molecule has 0 spiro atoms. The van der Waals surface area contributed by atoms with Crippen LogP contribution >= 0.6 is 11.3 Å². The molecule has 0 radical (unpaired) electrons. The number of rotatable bonds is 6. The van der Waals surface area contributed by atoms with Gasteiger partial charge in [0, 0.05) is 10.4 Å². The van der Waals surface area contributed by atoms with Crippen LogP contribution in [0.1, 0.15) is 34.1 Å². The minimum absolute atomic E-state index is 0.000880. The maximum atomic E-state index is 5.49. The third-order valence-corrected chi connectivity index (χ3v) is 4.61. The number of nitrogens with zero attached hydrogens (tertiary/aromatic N) is 1. The van der Waals surface area contributed by atoms with E-state index in [0.717, 1.165) is 34.2 Å². The topological polar surface area (TPSA) is 43.4 Å². The van der Waals surface area contributed by atoms with Gasteiger partial charge in [0.2, 0.25) is 0 Å². The normalized spacial score (nSPS) is 12.2. The van der Waals surface area contributed by atoms with E-state index in [4.69, 9.17) is 14.5 Å². The number of benzene rings is 1. The summed E-state index contributed by atoms with van der Waals surface area (Å²) < 4.78 is 10.8. The molecule has 0 saturated heterocycles. The highest BCUT2D eigenvalue weighted by atomic mass is 32.1. The second-order valence-corrected chi connectivity index (χ2v) is 5.97. The van der Waals surface area contributed by atoms with E-state index in [9.17, 15) is 0 Å². The molecule has 0 bridgehead atoms. The Morgan fingerprint density at radius 3 is 2.57 bits per heavy atom. The summed E-state index contributed by atoms with van der Waals surface area (Å²) in [5, 5.41) is 4.39. The molecule has 1 atom stereocenters. The Bertz CT molecular complexity index is 610. The first-order valence-electron chi connectivity index (χ1n) is 6.99. The minimum Gasteiger partial charge on any atom is -0.497 e. The zero-order valence-corrected chi connectivity index (χ0v) is 14.0. The van der Waals surface area contributed by atoms with Gasteiger partial charge in [-0.3, -0.25) is 0 Å². The van der Waals surface area contributed by atoms with Crippen molar-refractivity contribution in [3.05, 3.63) is 39.3 Å². The largest absolute Gasteiger partial charge is 0.497 e. The summed E-state index contributed by atoms with van der Waals surface area (Å²) in [6.07, 6.45) is 0.952. The Labute approximate surface area is 130 Å². The molecule has 1 N–H and O–H groups in total. The molecule has 4 nitrogen and oxygen atoms in total. The molecular formula is C16H22N2O2S. The number of ether oxygens (including phenoxy) is 2. The number of aryl methyl sites for hydroxylation is 2. The van der Waals surface area contributed by atoms with Gasteiger partial charge in [-0.1, -0.05) is 6.92 Å². The first kappa shape index (κ1) is 15.8. The van der Waals surface area contributed by atoms with E-state index in [1.807, 2.05) is 25.2 Å². The number of hydrogen-bond donors (Lipinski definition) is 1. The van der Waals surface area contributed by atoms with Crippen LogP contribution in [-0.4, -0.2) is 26.3 Å². The van der Waals surface area contributed by atoms with Gasteiger partial charge in [0.15, 0.2) is 0 Å². The molecule has 0 aliphatic carbocycles. The molecule has 1 heterocycles. The lowest BCUT2D eigenvalue weighted by molar-refractivity contribution is 0.395. The van der Waals surface area contributed by atoms with Gasteiger partial charge in [0.25, 0.3) is 0 Å². The van der Waals surface area contributed by atoms with E-state index >= 15 is 0 Å². The molecule has 0 saturated carbocycles. The van der Waals surface area contributed by atoms with Crippen molar-refractivity contribution in [1.82, 2.24) is 10.3 Å². The van der Waals surface area contributed by atoms with E-state index in [1.54, 1.807) is 25.6 Å². The molecule has 1 aromatic carbocycles. The second kappa shape index (κ2) is 6.91. The Kier molecular flexibility index (Phi) is 5.20. The van der Waals surface area contributed by atoms with Gasteiger partial charge in [-0.25, -0.2) is 4.98 Å². The SMILES string of the molecule is CCc1nc(C(NC)c2cc(OC)ccc2OC)sc1C. The van der Waals surface area contributed by atoms with Crippen molar-refractivity contribution in [2.24, 2.45) is 0 Å². The summed E-state index contributed by atoms with van der Waals surface area (Å²) >= 11 is 1.73. The smallest absolute Gasteiger partial charge is 0.124 e. The van der Waals surface area contributed by atoms with Crippen LogP contribution in [0.3, 0.4) is 0 Å². The average molecular weight is 306 g/mol. The Balaban J connectivity index is 2.49. The molecule has 5 heteroatoms. The first-order chi connectivity index (χ1) is 10.1. The zero-order chi connectivity index (χ0) is 15.4. The number of thiazole rings is 1. The average Bonchev–Trinajstić information content (AvgIpc) is 2.88. The van der Waals surface area contributed by atoms with Crippen LogP contribution in [-0.2, 0) is 6.42 Å². The van der Waals surface area contributed by atoms with Gasteiger partial charge in [-0.2, -0.15) is 0 Å². The van der Waals surface area contributed by atoms with E-state index in [2.05, 4.69) is 19.2 Å². The third-order valence-electron chi connectivity index (χ3n) is 3.53. The molecule has 114 valence electrons. The van der Waals surface area contributed by atoms with E-state index in [1.165, 1.54) is 4.88 Å². The lowest BCUT2D eigenvalue weighted by Crippen LogP contribution is -2.18. The molecule has 0 fully saturated rings. The zero-order valence-electron chi connectivity index (χ0n) is 13.2. The molecule has 0 aliphatic heterocycles. The highest BCUT2D eigenvalue weighted by Crippen LogP contribution is 2.35. The quantitative estimate of drug-likeness (QED) is 0.889. The molecule has 0 amide bonds. The summed E-state index contributed by atoms with van der Waals surface area (Å²) in [6, 6.07) is 5.83. The van der Waals surface area contributed by atoms with E-state index in [-0.39, 0.29) is 6.04 Å². The first-order valence-corrected chi connectivity index (χ1v) is 7.81. The molecule has 2 rings (SSSR count). The van der Waals surface area contributed by atoms with Crippen molar-refractivity contribution in [2.75, 3.05) is 21.3 Å². The number of nitrogens with one attached hydrogen (secondary N) is 1. The summed E-state index contributed by atoms with van der Waals surface area (Å²) in [7, 11) is 5.29. The van der Waals surface area contributed by atoms with Crippen LogP contribution in [0.5, 0.6) is 11.5 Å². The predicted molar refractivity (Wildman–Crippen MR) is 86.7 cm³/mol. The van der Waals surface area contributed by atoms with Crippen molar-refractivity contribution >= 4 is 11.3 Å². The van der Waals surface area contributed by atoms with E-state index < -0.39 is 0 Å². The van der Waals surface area contributed by atoms with Crippen molar-refractivity contribution in [2.45, 2.75) is 26.3 Å². The Morgan fingerprint density at radius 2 is 2.05 bits per heavy atom. The van der Waals surface area contributed by atoms with Crippen molar-refractivity contribution in [3.63, 3.8) is 0 Å². The number of hydrogen-bond acceptors (Lipinski definition) is 5. The second-order valence-electron chi connectivity index (χ2n) is 4.74.